The van der Waals surface area contributed by atoms with Crippen LogP contribution in [0.3, 0.4) is 0 Å². The molecule has 1 fully saturated rings. The number of rotatable bonds is 4. The van der Waals surface area contributed by atoms with Crippen molar-refractivity contribution in [3.8, 4) is 0 Å². The van der Waals surface area contributed by atoms with Crippen LogP contribution in [0, 0.1) is 9.49 Å². The molecule has 110 valence electrons. The highest BCUT2D eigenvalue weighted by Gasteiger charge is 2.24. The van der Waals surface area contributed by atoms with Gasteiger partial charge in [0.25, 0.3) is 5.91 Å². The largest absolute Gasteiger partial charge is 0.352 e. The number of halogens is 2. The van der Waals surface area contributed by atoms with Crippen LogP contribution in [0.2, 0.25) is 5.02 Å². The van der Waals surface area contributed by atoms with Crippen molar-refractivity contribution in [3.63, 3.8) is 0 Å². The van der Waals surface area contributed by atoms with E-state index in [0.29, 0.717) is 22.5 Å². The Hall–Kier alpha value is -0.330. The van der Waals surface area contributed by atoms with Gasteiger partial charge >= 0.3 is 0 Å². The second-order valence-corrected chi connectivity index (χ2v) is 7.15. The van der Waals surface area contributed by atoms with E-state index in [9.17, 15) is 4.79 Å². The molecule has 1 N–H and O–H groups in total. The molecule has 0 aromatic heterocycles. The van der Waals surface area contributed by atoms with Gasteiger partial charge in [-0.3, -0.25) is 4.79 Å². The Balaban J connectivity index is 1.85. The molecule has 3 nitrogen and oxygen atoms in total. The van der Waals surface area contributed by atoms with Gasteiger partial charge in [-0.1, -0.05) is 11.6 Å². The highest BCUT2D eigenvalue weighted by Crippen LogP contribution is 2.20. The summed E-state index contributed by atoms with van der Waals surface area (Å²) in [6.45, 7) is 7.38. The van der Waals surface area contributed by atoms with Crippen LogP contribution in [-0.4, -0.2) is 36.5 Å². The lowest BCUT2D eigenvalue weighted by Crippen LogP contribution is -2.33. The number of carbonyl (C=O) groups excluding carboxylic acids is 1. The minimum atomic E-state index is -0.0358. The van der Waals surface area contributed by atoms with Crippen molar-refractivity contribution in [1.29, 1.82) is 0 Å². The summed E-state index contributed by atoms with van der Waals surface area (Å²) >= 11 is 8.20. The minimum absolute atomic E-state index is 0.0358. The summed E-state index contributed by atoms with van der Waals surface area (Å²) in [4.78, 5) is 14.6. The highest BCUT2D eigenvalue weighted by molar-refractivity contribution is 14.1. The molecule has 0 radical (unpaired) electrons. The van der Waals surface area contributed by atoms with Gasteiger partial charge in [0.2, 0.25) is 0 Å². The Bertz CT molecular complexity index is 493. The summed E-state index contributed by atoms with van der Waals surface area (Å²) in [5, 5.41) is 3.65. The molecule has 1 aromatic rings. The van der Waals surface area contributed by atoms with E-state index in [-0.39, 0.29) is 5.91 Å². The van der Waals surface area contributed by atoms with Crippen LogP contribution in [0.25, 0.3) is 0 Å². The topological polar surface area (TPSA) is 32.3 Å². The first kappa shape index (κ1) is 16.0. The second kappa shape index (κ2) is 7.09. The summed E-state index contributed by atoms with van der Waals surface area (Å²) in [5.74, 6) is 0.520. The molecule has 0 saturated carbocycles. The Morgan fingerprint density at radius 2 is 2.30 bits per heavy atom. The van der Waals surface area contributed by atoms with Gasteiger partial charge in [-0.2, -0.15) is 0 Å². The summed E-state index contributed by atoms with van der Waals surface area (Å²) < 4.78 is 0.962. The molecule has 1 atom stereocenters. The lowest BCUT2D eigenvalue weighted by Gasteiger charge is -2.20. The molecule has 1 aromatic carbocycles. The minimum Gasteiger partial charge on any atom is -0.352 e. The zero-order chi connectivity index (χ0) is 14.7. The van der Waals surface area contributed by atoms with Crippen LogP contribution in [0.5, 0.6) is 0 Å². The number of nitrogens with one attached hydrogen (secondary N) is 1. The Kier molecular flexibility index (Phi) is 5.69. The molecule has 0 bridgehead atoms. The average Bonchev–Trinajstić information content (AvgIpc) is 2.88. The van der Waals surface area contributed by atoms with Crippen LogP contribution >= 0.6 is 34.2 Å². The van der Waals surface area contributed by atoms with Crippen LogP contribution in [0.15, 0.2) is 18.2 Å². The standard InChI is InChI=1S/C15H20ClIN2O/c1-10(2)19-6-5-11(9-19)8-18-15(20)12-3-4-14(17)13(16)7-12/h3-4,7,10-11H,5-6,8-9H2,1-2H3,(H,18,20). The quantitative estimate of drug-likeness (QED) is 0.777. The van der Waals surface area contributed by atoms with E-state index in [0.717, 1.165) is 29.6 Å². The van der Waals surface area contributed by atoms with Gasteiger partial charge in [-0.15, -0.1) is 0 Å². The molecular formula is C15H20ClIN2O. The molecule has 5 heteroatoms. The first-order chi connectivity index (χ1) is 9.47. The van der Waals surface area contributed by atoms with Gasteiger partial charge in [0.1, 0.15) is 0 Å². The molecular weight excluding hydrogens is 387 g/mol. The number of nitrogens with zero attached hydrogens (tertiary/aromatic N) is 1. The van der Waals surface area contributed by atoms with Gasteiger partial charge < -0.3 is 10.2 Å². The van der Waals surface area contributed by atoms with E-state index >= 15 is 0 Å². The third-order valence-electron chi connectivity index (χ3n) is 3.78. The molecule has 1 amide bonds. The fourth-order valence-electron chi connectivity index (χ4n) is 2.47. The van der Waals surface area contributed by atoms with Gasteiger partial charge in [0, 0.05) is 28.3 Å². The predicted octanol–water partition coefficient (Wildman–Crippen LogP) is 3.40. The summed E-state index contributed by atoms with van der Waals surface area (Å²) in [6.07, 6.45) is 1.16. The van der Waals surface area contributed by atoms with E-state index in [2.05, 4.69) is 46.7 Å². The number of hydrogen-bond acceptors (Lipinski definition) is 2. The maximum atomic E-state index is 12.1. The zero-order valence-corrected chi connectivity index (χ0v) is 14.7. The Morgan fingerprint density at radius 3 is 2.90 bits per heavy atom. The molecule has 1 saturated heterocycles. The number of likely N-dealkylation sites (tertiary alicyclic amines) is 1. The molecule has 1 aliphatic heterocycles. The van der Waals surface area contributed by atoms with E-state index < -0.39 is 0 Å². The summed E-state index contributed by atoms with van der Waals surface area (Å²) in [7, 11) is 0. The molecule has 1 heterocycles. The monoisotopic (exact) mass is 406 g/mol. The van der Waals surface area contributed by atoms with Crippen LogP contribution < -0.4 is 5.32 Å². The van der Waals surface area contributed by atoms with Crippen LogP contribution in [-0.2, 0) is 0 Å². The van der Waals surface area contributed by atoms with Crippen molar-refractivity contribution < 1.29 is 4.79 Å². The van der Waals surface area contributed by atoms with E-state index in [1.54, 1.807) is 6.07 Å². The highest BCUT2D eigenvalue weighted by atomic mass is 127. The lowest BCUT2D eigenvalue weighted by atomic mass is 10.1. The molecule has 0 aliphatic carbocycles. The summed E-state index contributed by atoms with van der Waals surface area (Å²) in [6, 6.07) is 6.00. The maximum absolute atomic E-state index is 12.1. The first-order valence-corrected chi connectivity index (χ1v) is 8.40. The third kappa shape index (κ3) is 4.09. The SMILES string of the molecule is CC(C)N1CCC(CNC(=O)c2ccc(I)c(Cl)c2)C1. The Labute approximate surface area is 139 Å². The van der Waals surface area contributed by atoms with Crippen molar-refractivity contribution in [2.45, 2.75) is 26.3 Å². The molecule has 1 unspecified atom stereocenters. The normalized spacial score (nSPS) is 19.6. The molecule has 20 heavy (non-hydrogen) atoms. The van der Waals surface area contributed by atoms with Crippen molar-refractivity contribution >= 4 is 40.1 Å². The number of carbonyl (C=O) groups is 1. The summed E-state index contributed by atoms with van der Waals surface area (Å²) in [5.41, 5.74) is 0.633. The Morgan fingerprint density at radius 1 is 1.55 bits per heavy atom. The van der Waals surface area contributed by atoms with Crippen LogP contribution in [0.4, 0.5) is 0 Å². The fraction of sp³-hybridized carbons (Fsp3) is 0.533. The van der Waals surface area contributed by atoms with Gasteiger partial charge in [0.15, 0.2) is 0 Å². The van der Waals surface area contributed by atoms with Crippen LogP contribution in [0.1, 0.15) is 30.6 Å². The van der Waals surface area contributed by atoms with Crippen molar-refractivity contribution in [1.82, 2.24) is 10.2 Å². The van der Waals surface area contributed by atoms with Gasteiger partial charge in [0.05, 0.1) is 5.02 Å². The molecule has 1 aliphatic rings. The van der Waals surface area contributed by atoms with Crippen molar-refractivity contribution in [2.75, 3.05) is 19.6 Å². The average molecular weight is 407 g/mol. The van der Waals surface area contributed by atoms with Crippen molar-refractivity contribution in [2.24, 2.45) is 5.92 Å². The first-order valence-electron chi connectivity index (χ1n) is 6.94. The van der Waals surface area contributed by atoms with Crippen molar-refractivity contribution in [3.05, 3.63) is 32.4 Å². The van der Waals surface area contributed by atoms with Gasteiger partial charge in [-0.05, 0) is 73.5 Å². The number of hydrogen-bond donors (Lipinski definition) is 1. The fourth-order valence-corrected chi connectivity index (χ4v) is 2.99. The zero-order valence-electron chi connectivity index (χ0n) is 11.8. The smallest absolute Gasteiger partial charge is 0.251 e. The maximum Gasteiger partial charge on any atom is 0.251 e. The van der Waals surface area contributed by atoms with E-state index in [4.69, 9.17) is 11.6 Å². The molecule has 0 spiro atoms. The number of benzene rings is 1. The molecule has 2 rings (SSSR count). The second-order valence-electron chi connectivity index (χ2n) is 5.58. The number of amides is 1. The third-order valence-corrected chi connectivity index (χ3v) is 5.35. The van der Waals surface area contributed by atoms with E-state index in [1.807, 2.05) is 12.1 Å². The van der Waals surface area contributed by atoms with Gasteiger partial charge in [-0.25, -0.2) is 0 Å². The van der Waals surface area contributed by atoms with E-state index in [1.165, 1.54) is 0 Å². The predicted molar refractivity (Wildman–Crippen MR) is 91.3 cm³/mol. The lowest BCUT2D eigenvalue weighted by molar-refractivity contribution is 0.0947.